The number of ether oxygens (including phenoxy) is 1. The van der Waals surface area contributed by atoms with E-state index < -0.39 is 11.7 Å². The molecule has 0 saturated carbocycles. The summed E-state index contributed by atoms with van der Waals surface area (Å²) in [7, 11) is 1.58. The fourth-order valence-corrected chi connectivity index (χ4v) is 4.20. The van der Waals surface area contributed by atoms with Crippen LogP contribution in [0.2, 0.25) is 5.02 Å². The molecular formula is C23H22ClF3N4O2. The minimum atomic E-state index is -4.51. The molecule has 1 fully saturated rings. The van der Waals surface area contributed by atoms with Gasteiger partial charge in [-0.15, -0.1) is 0 Å². The molecule has 1 aliphatic heterocycles. The molecule has 1 amide bonds. The largest absolute Gasteiger partial charge is 0.497 e. The molecule has 1 aromatic carbocycles. The first-order valence-electron chi connectivity index (χ1n) is 10.4. The Morgan fingerprint density at radius 3 is 2.61 bits per heavy atom. The van der Waals surface area contributed by atoms with Gasteiger partial charge in [-0.25, -0.2) is 4.98 Å². The molecule has 2 aromatic heterocycles. The topological polar surface area (TPSA) is 58.6 Å². The number of anilines is 1. The van der Waals surface area contributed by atoms with Crippen LogP contribution in [0.5, 0.6) is 5.75 Å². The molecule has 33 heavy (non-hydrogen) atoms. The van der Waals surface area contributed by atoms with Gasteiger partial charge in [0.05, 0.1) is 34.5 Å². The number of aryl methyl sites for hydroxylation is 1. The van der Waals surface area contributed by atoms with Crippen LogP contribution in [0.25, 0.3) is 10.9 Å². The monoisotopic (exact) mass is 478 g/mol. The number of nitrogens with zero attached hydrogens (tertiary/aromatic N) is 4. The van der Waals surface area contributed by atoms with E-state index in [1.165, 1.54) is 0 Å². The summed E-state index contributed by atoms with van der Waals surface area (Å²) in [6, 6.07) is 8.21. The van der Waals surface area contributed by atoms with Crippen LogP contribution in [0, 0.1) is 6.92 Å². The zero-order valence-electron chi connectivity index (χ0n) is 18.1. The van der Waals surface area contributed by atoms with Crippen LogP contribution in [0.1, 0.15) is 28.0 Å². The summed E-state index contributed by atoms with van der Waals surface area (Å²) in [6.07, 6.45) is -3.10. The van der Waals surface area contributed by atoms with Crippen molar-refractivity contribution in [2.24, 2.45) is 0 Å². The molecule has 0 bridgehead atoms. The average molecular weight is 479 g/mol. The van der Waals surface area contributed by atoms with Crippen molar-refractivity contribution in [1.29, 1.82) is 0 Å². The summed E-state index contributed by atoms with van der Waals surface area (Å²) in [5.74, 6) is 0.825. The van der Waals surface area contributed by atoms with Crippen LogP contribution >= 0.6 is 11.6 Å². The molecule has 4 rings (SSSR count). The number of rotatable bonds is 3. The Bertz CT molecular complexity index is 1200. The van der Waals surface area contributed by atoms with Crippen molar-refractivity contribution >= 4 is 34.2 Å². The van der Waals surface area contributed by atoms with Crippen LogP contribution in [-0.4, -0.2) is 54.1 Å². The first-order valence-corrected chi connectivity index (χ1v) is 10.8. The van der Waals surface area contributed by atoms with Crippen molar-refractivity contribution in [1.82, 2.24) is 14.9 Å². The fourth-order valence-electron chi connectivity index (χ4n) is 3.92. The highest BCUT2D eigenvalue weighted by atomic mass is 35.5. The third-order valence-electron chi connectivity index (χ3n) is 5.67. The highest BCUT2D eigenvalue weighted by Crippen LogP contribution is 2.34. The number of benzene rings is 1. The van der Waals surface area contributed by atoms with Gasteiger partial charge in [0.2, 0.25) is 0 Å². The summed E-state index contributed by atoms with van der Waals surface area (Å²) >= 11 is 6.11. The van der Waals surface area contributed by atoms with Crippen LogP contribution < -0.4 is 9.64 Å². The third kappa shape index (κ3) is 4.83. The predicted molar refractivity (Wildman–Crippen MR) is 120 cm³/mol. The summed E-state index contributed by atoms with van der Waals surface area (Å²) in [4.78, 5) is 25.4. The highest BCUT2D eigenvalue weighted by molar-refractivity contribution is 6.33. The number of hydrogen-bond acceptors (Lipinski definition) is 5. The lowest BCUT2D eigenvalue weighted by molar-refractivity contribution is -0.137. The van der Waals surface area contributed by atoms with E-state index in [0.29, 0.717) is 49.6 Å². The smallest absolute Gasteiger partial charge is 0.417 e. The van der Waals surface area contributed by atoms with Crippen molar-refractivity contribution < 1.29 is 22.7 Å². The Labute approximate surface area is 193 Å². The minimum absolute atomic E-state index is 0.0619. The van der Waals surface area contributed by atoms with Gasteiger partial charge in [0.15, 0.2) is 0 Å². The molecule has 3 heterocycles. The van der Waals surface area contributed by atoms with Gasteiger partial charge in [-0.2, -0.15) is 13.2 Å². The van der Waals surface area contributed by atoms with Crippen LogP contribution in [-0.2, 0) is 6.18 Å². The number of amides is 1. The van der Waals surface area contributed by atoms with Gasteiger partial charge < -0.3 is 14.5 Å². The number of methoxy groups -OCH3 is 1. The SMILES string of the molecule is COc1ccc2nc(C)c(C(=O)N3CCCN(c4ncc(C(F)(F)F)cc4Cl)CC3)cc2c1. The van der Waals surface area contributed by atoms with E-state index in [9.17, 15) is 18.0 Å². The fraction of sp³-hybridized carbons (Fsp3) is 0.348. The van der Waals surface area contributed by atoms with Gasteiger partial charge in [0, 0.05) is 37.8 Å². The molecule has 0 spiro atoms. The highest BCUT2D eigenvalue weighted by Gasteiger charge is 2.32. The molecule has 1 saturated heterocycles. The van der Waals surface area contributed by atoms with Gasteiger partial charge in [-0.3, -0.25) is 9.78 Å². The molecule has 0 atom stereocenters. The van der Waals surface area contributed by atoms with E-state index in [2.05, 4.69) is 9.97 Å². The van der Waals surface area contributed by atoms with E-state index in [4.69, 9.17) is 16.3 Å². The maximum absolute atomic E-state index is 13.3. The first-order chi connectivity index (χ1) is 15.7. The van der Waals surface area contributed by atoms with Gasteiger partial charge in [0.1, 0.15) is 11.6 Å². The number of halogens is 4. The second-order valence-corrected chi connectivity index (χ2v) is 8.25. The molecule has 174 valence electrons. The van der Waals surface area contributed by atoms with Gasteiger partial charge in [-0.1, -0.05) is 11.6 Å². The summed E-state index contributed by atoms with van der Waals surface area (Å²) in [5.41, 5.74) is 1.02. The normalized spacial score (nSPS) is 15.0. The van der Waals surface area contributed by atoms with Gasteiger partial charge >= 0.3 is 6.18 Å². The van der Waals surface area contributed by atoms with E-state index in [0.717, 1.165) is 23.2 Å². The molecule has 0 N–H and O–H groups in total. The van der Waals surface area contributed by atoms with E-state index in [-0.39, 0.29) is 16.7 Å². The Morgan fingerprint density at radius 2 is 1.91 bits per heavy atom. The predicted octanol–water partition coefficient (Wildman–Crippen LogP) is 4.97. The summed E-state index contributed by atoms with van der Waals surface area (Å²) < 4.78 is 44.0. The Hall–Kier alpha value is -3.07. The van der Waals surface area contributed by atoms with Crippen molar-refractivity contribution in [2.45, 2.75) is 19.5 Å². The Kier molecular flexibility index (Phi) is 6.34. The van der Waals surface area contributed by atoms with E-state index >= 15 is 0 Å². The van der Waals surface area contributed by atoms with Gasteiger partial charge in [-0.05, 0) is 43.7 Å². The van der Waals surface area contributed by atoms with Crippen LogP contribution in [0.15, 0.2) is 36.5 Å². The second-order valence-electron chi connectivity index (χ2n) is 7.84. The molecular weight excluding hydrogens is 457 g/mol. The van der Waals surface area contributed by atoms with Gasteiger partial charge in [0.25, 0.3) is 5.91 Å². The van der Waals surface area contributed by atoms with Crippen molar-refractivity contribution in [2.75, 3.05) is 38.2 Å². The van der Waals surface area contributed by atoms with E-state index in [1.54, 1.807) is 18.9 Å². The molecule has 0 radical (unpaired) electrons. The number of hydrogen-bond donors (Lipinski definition) is 0. The van der Waals surface area contributed by atoms with Crippen LogP contribution in [0.3, 0.4) is 0 Å². The number of fused-ring (bicyclic) bond motifs is 1. The lowest BCUT2D eigenvalue weighted by Crippen LogP contribution is -2.36. The Morgan fingerprint density at radius 1 is 1.12 bits per heavy atom. The number of pyridine rings is 2. The summed E-state index contributed by atoms with van der Waals surface area (Å²) in [6.45, 7) is 3.61. The molecule has 10 heteroatoms. The number of carbonyl (C=O) groups is 1. The minimum Gasteiger partial charge on any atom is -0.497 e. The average Bonchev–Trinajstić information content (AvgIpc) is 3.03. The first kappa shape index (κ1) is 23.1. The summed E-state index contributed by atoms with van der Waals surface area (Å²) in [5, 5.41) is 0.744. The molecule has 1 aliphatic rings. The molecule has 6 nitrogen and oxygen atoms in total. The maximum Gasteiger partial charge on any atom is 0.417 e. The zero-order valence-corrected chi connectivity index (χ0v) is 18.9. The number of alkyl halides is 3. The van der Waals surface area contributed by atoms with Crippen LogP contribution in [0.4, 0.5) is 19.0 Å². The number of carbonyl (C=O) groups excluding carboxylic acids is 1. The van der Waals surface area contributed by atoms with Crippen molar-refractivity contribution in [3.63, 3.8) is 0 Å². The quantitative estimate of drug-likeness (QED) is 0.532. The Balaban J connectivity index is 1.53. The molecule has 0 aliphatic carbocycles. The van der Waals surface area contributed by atoms with Crippen molar-refractivity contribution in [3.8, 4) is 5.75 Å². The second kappa shape index (κ2) is 9.05. The molecule has 3 aromatic rings. The lowest BCUT2D eigenvalue weighted by Gasteiger charge is -2.24. The third-order valence-corrected chi connectivity index (χ3v) is 5.95. The maximum atomic E-state index is 13.3. The molecule has 0 unspecified atom stereocenters. The zero-order chi connectivity index (χ0) is 23.8. The standard InChI is InChI=1S/C23H22ClF3N4O2/c1-14-18(11-15-10-17(33-2)4-5-20(15)29-14)22(32)31-7-3-6-30(8-9-31)21-19(24)12-16(13-28-21)23(25,26)27/h4-5,10-13H,3,6-9H2,1-2H3. The van der Waals surface area contributed by atoms with Crippen molar-refractivity contribution in [3.05, 3.63) is 58.4 Å². The lowest BCUT2D eigenvalue weighted by atomic mass is 10.1. The van der Waals surface area contributed by atoms with E-state index in [1.807, 2.05) is 29.2 Å². The number of aromatic nitrogens is 2.